The highest BCUT2D eigenvalue weighted by Gasteiger charge is 2.00. The van der Waals surface area contributed by atoms with Gasteiger partial charge in [-0.25, -0.2) is 0 Å². The van der Waals surface area contributed by atoms with Gasteiger partial charge in [0, 0.05) is 0 Å². The fraction of sp³-hybridized carbons (Fsp3) is 0.400. The van der Waals surface area contributed by atoms with Gasteiger partial charge in [-0.3, -0.25) is 0 Å². The van der Waals surface area contributed by atoms with Crippen LogP contribution in [0.3, 0.4) is 0 Å². The summed E-state index contributed by atoms with van der Waals surface area (Å²) in [5.74, 6) is 1.56. The monoisotopic (exact) mass is 200 g/mol. The second-order valence-corrected chi connectivity index (χ2v) is 2.36. The van der Waals surface area contributed by atoms with Crippen LogP contribution in [0, 0.1) is 6.92 Å². The van der Waals surface area contributed by atoms with Gasteiger partial charge in [-0.15, -0.1) is 0 Å². The second-order valence-electron chi connectivity index (χ2n) is 2.36. The first-order valence-corrected chi connectivity index (χ1v) is 4.80. The number of aryl methyl sites for hydroxylation is 1. The first kappa shape index (κ1) is 12.2. The molecule has 13 heavy (non-hydrogen) atoms. The van der Waals surface area contributed by atoms with E-state index >= 15 is 0 Å². The molecule has 0 atom stereocenters. The minimum atomic E-state index is 0.776. The molecule has 0 aliphatic carbocycles. The van der Waals surface area contributed by atoms with E-state index in [0.29, 0.717) is 0 Å². The molecule has 0 amide bonds. The largest absolute Gasteiger partial charge is 0.493 e. The SMILES string of the molecule is COc1ccc(C)cc1OC.CS. The quantitative estimate of drug-likeness (QED) is 0.740. The fourth-order valence-corrected chi connectivity index (χ4v) is 0.943. The van der Waals surface area contributed by atoms with Gasteiger partial charge >= 0.3 is 0 Å². The molecule has 74 valence electrons. The minimum absolute atomic E-state index is 0.776. The third kappa shape index (κ3) is 3.59. The van der Waals surface area contributed by atoms with Gasteiger partial charge in [0.2, 0.25) is 0 Å². The van der Waals surface area contributed by atoms with Crippen LogP contribution in [0.25, 0.3) is 0 Å². The Morgan fingerprint density at radius 3 is 2.00 bits per heavy atom. The summed E-state index contributed by atoms with van der Waals surface area (Å²) in [6, 6.07) is 5.83. The maximum atomic E-state index is 5.09. The highest BCUT2D eigenvalue weighted by molar-refractivity contribution is 7.79. The number of methoxy groups -OCH3 is 2. The average Bonchev–Trinajstić information content (AvgIpc) is 2.20. The molecule has 1 rings (SSSR count). The highest BCUT2D eigenvalue weighted by Crippen LogP contribution is 2.26. The lowest BCUT2D eigenvalue weighted by atomic mass is 10.2. The molecule has 1 aromatic carbocycles. The Balaban J connectivity index is 0.000000671. The molecule has 3 heteroatoms. The summed E-state index contributed by atoms with van der Waals surface area (Å²) < 4.78 is 10.2. The molecule has 0 saturated carbocycles. The van der Waals surface area contributed by atoms with E-state index in [2.05, 4.69) is 12.6 Å². The van der Waals surface area contributed by atoms with Crippen LogP contribution in [0.1, 0.15) is 5.56 Å². The predicted octanol–water partition coefficient (Wildman–Crippen LogP) is 2.56. The van der Waals surface area contributed by atoms with Crippen LogP contribution in [-0.2, 0) is 0 Å². The summed E-state index contributed by atoms with van der Waals surface area (Å²) in [6.07, 6.45) is 1.69. The Hall–Kier alpha value is -0.830. The standard InChI is InChI=1S/C9H12O2.CH4S/c1-7-4-5-8(10-2)9(6-7)11-3;1-2/h4-6H,1-3H3;2H,1H3. The molecule has 0 unspecified atom stereocenters. The molecule has 0 saturated heterocycles. The van der Waals surface area contributed by atoms with Crippen molar-refractivity contribution in [2.75, 3.05) is 20.5 Å². The summed E-state index contributed by atoms with van der Waals surface area (Å²) in [6.45, 7) is 2.02. The van der Waals surface area contributed by atoms with Crippen molar-refractivity contribution in [2.45, 2.75) is 6.92 Å². The van der Waals surface area contributed by atoms with Crippen LogP contribution in [0.15, 0.2) is 18.2 Å². The molecule has 0 aliphatic rings. The smallest absolute Gasteiger partial charge is 0.160 e. The lowest BCUT2D eigenvalue weighted by Crippen LogP contribution is -1.90. The first-order chi connectivity index (χ1) is 6.27. The minimum Gasteiger partial charge on any atom is -0.493 e. The lowest BCUT2D eigenvalue weighted by Gasteiger charge is -2.06. The summed E-state index contributed by atoms with van der Waals surface area (Å²) >= 11 is 3.53. The summed E-state index contributed by atoms with van der Waals surface area (Å²) in [4.78, 5) is 0. The molecule has 0 bridgehead atoms. The van der Waals surface area contributed by atoms with Crippen LogP contribution in [0.4, 0.5) is 0 Å². The molecule has 0 spiro atoms. The van der Waals surface area contributed by atoms with E-state index in [9.17, 15) is 0 Å². The number of thiol groups is 1. The normalized spacial score (nSPS) is 8.38. The summed E-state index contributed by atoms with van der Waals surface area (Å²) in [7, 11) is 3.27. The summed E-state index contributed by atoms with van der Waals surface area (Å²) in [5.41, 5.74) is 1.17. The molecule has 0 heterocycles. The third-order valence-corrected chi connectivity index (χ3v) is 1.54. The van der Waals surface area contributed by atoms with Crippen LogP contribution < -0.4 is 9.47 Å². The molecule has 0 fully saturated rings. The predicted molar refractivity (Wildman–Crippen MR) is 59.2 cm³/mol. The summed E-state index contributed by atoms with van der Waals surface area (Å²) in [5, 5.41) is 0. The Kier molecular flexibility index (Phi) is 6.24. The molecule has 0 radical (unpaired) electrons. The van der Waals surface area contributed by atoms with Gasteiger partial charge in [-0.1, -0.05) is 6.07 Å². The van der Waals surface area contributed by atoms with Gasteiger partial charge in [0.15, 0.2) is 11.5 Å². The van der Waals surface area contributed by atoms with Crippen molar-refractivity contribution in [1.82, 2.24) is 0 Å². The topological polar surface area (TPSA) is 18.5 Å². The number of ether oxygens (including phenoxy) is 2. The number of hydrogen-bond acceptors (Lipinski definition) is 3. The average molecular weight is 200 g/mol. The van der Waals surface area contributed by atoms with E-state index in [1.165, 1.54) is 5.56 Å². The van der Waals surface area contributed by atoms with E-state index in [-0.39, 0.29) is 0 Å². The Morgan fingerprint density at radius 1 is 1.00 bits per heavy atom. The number of rotatable bonds is 2. The van der Waals surface area contributed by atoms with Crippen molar-refractivity contribution in [3.63, 3.8) is 0 Å². The van der Waals surface area contributed by atoms with E-state index < -0.39 is 0 Å². The lowest BCUT2D eigenvalue weighted by molar-refractivity contribution is 0.354. The Labute approximate surface area is 85.3 Å². The van der Waals surface area contributed by atoms with Crippen molar-refractivity contribution >= 4 is 12.6 Å². The number of hydrogen-bond donors (Lipinski definition) is 1. The maximum absolute atomic E-state index is 5.09. The zero-order chi connectivity index (χ0) is 10.3. The molecule has 0 aliphatic heterocycles. The Bertz CT molecular complexity index is 249. The van der Waals surface area contributed by atoms with E-state index in [1.807, 2.05) is 25.1 Å². The number of benzene rings is 1. The molecule has 0 N–H and O–H groups in total. The van der Waals surface area contributed by atoms with E-state index in [1.54, 1.807) is 20.5 Å². The van der Waals surface area contributed by atoms with Crippen LogP contribution in [-0.4, -0.2) is 20.5 Å². The van der Waals surface area contributed by atoms with Crippen molar-refractivity contribution in [3.05, 3.63) is 23.8 Å². The second kappa shape index (κ2) is 6.66. The van der Waals surface area contributed by atoms with Gasteiger partial charge in [0.05, 0.1) is 14.2 Å². The van der Waals surface area contributed by atoms with Crippen LogP contribution >= 0.6 is 12.6 Å². The first-order valence-electron chi connectivity index (χ1n) is 3.91. The van der Waals surface area contributed by atoms with E-state index in [0.717, 1.165) is 11.5 Å². The van der Waals surface area contributed by atoms with Crippen molar-refractivity contribution in [2.24, 2.45) is 0 Å². The molecule has 2 nitrogen and oxygen atoms in total. The highest BCUT2D eigenvalue weighted by atomic mass is 32.1. The molecule has 0 aromatic heterocycles. The third-order valence-electron chi connectivity index (χ3n) is 1.54. The molecule has 1 aromatic rings. The van der Waals surface area contributed by atoms with Gasteiger partial charge < -0.3 is 9.47 Å². The van der Waals surface area contributed by atoms with Crippen LogP contribution in [0.5, 0.6) is 11.5 Å². The van der Waals surface area contributed by atoms with Crippen molar-refractivity contribution < 1.29 is 9.47 Å². The van der Waals surface area contributed by atoms with Gasteiger partial charge in [0.25, 0.3) is 0 Å². The maximum Gasteiger partial charge on any atom is 0.160 e. The van der Waals surface area contributed by atoms with Gasteiger partial charge in [0.1, 0.15) is 0 Å². The molecular weight excluding hydrogens is 184 g/mol. The van der Waals surface area contributed by atoms with Crippen molar-refractivity contribution in [1.29, 1.82) is 0 Å². The van der Waals surface area contributed by atoms with E-state index in [4.69, 9.17) is 9.47 Å². The fourth-order valence-electron chi connectivity index (χ4n) is 0.943. The molecular formula is C10H16O2S. The Morgan fingerprint density at radius 2 is 1.54 bits per heavy atom. The van der Waals surface area contributed by atoms with Gasteiger partial charge in [-0.2, -0.15) is 12.6 Å². The zero-order valence-corrected chi connectivity index (χ0v) is 9.39. The van der Waals surface area contributed by atoms with Crippen molar-refractivity contribution in [3.8, 4) is 11.5 Å². The van der Waals surface area contributed by atoms with Crippen LogP contribution in [0.2, 0.25) is 0 Å². The van der Waals surface area contributed by atoms with Gasteiger partial charge in [-0.05, 0) is 30.9 Å². The zero-order valence-electron chi connectivity index (χ0n) is 8.50.